The van der Waals surface area contributed by atoms with Gasteiger partial charge in [0.2, 0.25) is 5.55 Å². The maximum absolute atomic E-state index is 8.44. The summed E-state index contributed by atoms with van der Waals surface area (Å²) in [5.41, 5.74) is 4.26. The Morgan fingerprint density at radius 2 is 1.59 bits per heavy atom. The predicted molar refractivity (Wildman–Crippen MR) is 134 cm³/mol. The van der Waals surface area contributed by atoms with Crippen LogP contribution in [0.15, 0.2) is 101 Å². The lowest BCUT2D eigenvalue weighted by Crippen LogP contribution is -2.11. The van der Waals surface area contributed by atoms with Crippen molar-refractivity contribution in [3.05, 3.63) is 108 Å². The fourth-order valence-electron chi connectivity index (χ4n) is 4.29. The Morgan fingerprint density at radius 1 is 0.794 bits per heavy atom. The maximum atomic E-state index is 8.44. The van der Waals surface area contributed by atoms with Crippen LogP contribution >= 0.6 is 0 Å². The lowest BCUT2D eigenvalue weighted by Gasteiger charge is -2.27. The lowest BCUT2D eigenvalue weighted by atomic mass is 10.1. The molecular weight excluding hydrogens is 422 g/mol. The van der Waals surface area contributed by atoms with Crippen molar-refractivity contribution in [3.8, 4) is 11.4 Å². The molecule has 6 aromatic rings. The summed E-state index contributed by atoms with van der Waals surface area (Å²) in [6.07, 6.45) is 0. The largest absolute Gasteiger partial charge is 0.438 e. The Hall–Kier alpha value is -4.71. The molecule has 0 fully saturated rings. The van der Waals surface area contributed by atoms with Gasteiger partial charge >= 0.3 is 0 Å². The lowest BCUT2D eigenvalue weighted by molar-refractivity contribution is 0.535. The molecule has 164 valence electrons. The van der Waals surface area contributed by atoms with E-state index in [-0.39, 0.29) is 5.55 Å². The molecule has 4 aromatic carbocycles. The fourth-order valence-corrected chi connectivity index (χ4v) is 4.29. The molecule has 0 aliphatic rings. The fraction of sp³-hybridized carbons (Fsp3) is 0.0357. The molecule has 6 rings (SSSR count). The molecule has 0 radical (unpaired) electrons. The number of fused-ring (bicyclic) bond motifs is 2. The van der Waals surface area contributed by atoms with E-state index in [1.54, 1.807) is 0 Å². The number of nitrogens with zero attached hydrogens (tertiary/aromatic N) is 3. The zero-order valence-corrected chi connectivity index (χ0v) is 18.5. The molecule has 0 unspecified atom stereocenters. The Kier molecular flexibility index (Phi) is 4.70. The van der Waals surface area contributed by atoms with Gasteiger partial charge in [0.1, 0.15) is 11.4 Å². The van der Waals surface area contributed by atoms with Crippen LogP contribution in [0.3, 0.4) is 0 Å². The third-order valence-corrected chi connectivity index (χ3v) is 5.87. The first kappa shape index (κ1) is 19.9. The molecule has 0 saturated heterocycles. The van der Waals surface area contributed by atoms with Crippen LogP contribution in [0.2, 0.25) is 0 Å². The summed E-state index contributed by atoms with van der Waals surface area (Å²) < 4.78 is 5.95. The van der Waals surface area contributed by atoms with Crippen LogP contribution in [0.4, 0.5) is 17.1 Å². The number of rotatable bonds is 4. The molecule has 2 N–H and O–H groups in total. The van der Waals surface area contributed by atoms with Crippen molar-refractivity contribution in [1.82, 2.24) is 15.2 Å². The van der Waals surface area contributed by atoms with Gasteiger partial charge in [0.15, 0.2) is 5.82 Å². The van der Waals surface area contributed by atoms with Crippen LogP contribution in [0.5, 0.6) is 0 Å². The smallest absolute Gasteiger partial charge is 0.223 e. The van der Waals surface area contributed by atoms with E-state index in [9.17, 15) is 0 Å². The van der Waals surface area contributed by atoms with Crippen molar-refractivity contribution < 1.29 is 4.42 Å². The molecule has 2 aromatic heterocycles. The second kappa shape index (κ2) is 8.01. The molecule has 0 aliphatic carbocycles. The van der Waals surface area contributed by atoms with Gasteiger partial charge in [0.05, 0.1) is 11.3 Å². The average Bonchev–Trinajstić information content (AvgIpc) is 3.30. The third-order valence-electron chi connectivity index (χ3n) is 5.87. The summed E-state index contributed by atoms with van der Waals surface area (Å²) in [6.45, 7) is 1.83. The monoisotopic (exact) mass is 443 g/mol. The van der Waals surface area contributed by atoms with Crippen molar-refractivity contribution in [2.75, 3.05) is 4.90 Å². The summed E-state index contributed by atoms with van der Waals surface area (Å²) in [6, 6.07) is 32.9. The minimum Gasteiger partial charge on any atom is -0.438 e. The van der Waals surface area contributed by atoms with Gasteiger partial charge in [-0.3, -0.25) is 10.5 Å². The van der Waals surface area contributed by atoms with Crippen molar-refractivity contribution in [3.63, 3.8) is 0 Å². The highest BCUT2D eigenvalue weighted by Gasteiger charge is 2.17. The zero-order valence-electron chi connectivity index (χ0n) is 18.5. The number of aromatic amines is 1. The highest BCUT2D eigenvalue weighted by atomic mass is 16.3. The quantitative estimate of drug-likeness (QED) is 0.320. The van der Waals surface area contributed by atoms with Crippen LogP contribution in [0.1, 0.15) is 5.82 Å². The molecule has 0 saturated carbocycles. The number of aryl methyl sites for hydroxylation is 1. The third kappa shape index (κ3) is 3.42. The summed E-state index contributed by atoms with van der Waals surface area (Å²) in [7, 11) is 0. The van der Waals surface area contributed by atoms with Gasteiger partial charge in [-0.1, -0.05) is 54.6 Å². The van der Waals surface area contributed by atoms with E-state index in [0.29, 0.717) is 22.8 Å². The summed E-state index contributed by atoms with van der Waals surface area (Å²) >= 11 is 0. The van der Waals surface area contributed by atoms with Gasteiger partial charge in [-0.2, -0.15) is 5.10 Å². The second-order valence-corrected chi connectivity index (χ2v) is 8.12. The van der Waals surface area contributed by atoms with Crippen LogP contribution < -0.4 is 10.5 Å². The Labute approximate surface area is 195 Å². The molecule has 0 amide bonds. The van der Waals surface area contributed by atoms with Crippen molar-refractivity contribution in [2.24, 2.45) is 0 Å². The molecule has 0 aliphatic heterocycles. The maximum Gasteiger partial charge on any atom is 0.223 e. The standard InChI is InChI=1S/C28H21N5O/c1-18-30-28(32-31-18)24-16-20-14-15-22(17-26(20)34-27(24)29)33(21-10-3-2-4-11-21)25-13-7-9-19-8-5-6-12-23(19)25/h2-17,29H,1H3,(H,30,31,32). The van der Waals surface area contributed by atoms with Gasteiger partial charge < -0.3 is 9.32 Å². The zero-order chi connectivity index (χ0) is 23.1. The number of nitrogens with one attached hydrogen (secondary N) is 2. The van der Waals surface area contributed by atoms with Crippen LogP contribution in [-0.2, 0) is 0 Å². The van der Waals surface area contributed by atoms with Gasteiger partial charge in [-0.25, -0.2) is 4.98 Å². The first-order valence-corrected chi connectivity index (χ1v) is 11.0. The molecule has 0 spiro atoms. The van der Waals surface area contributed by atoms with E-state index >= 15 is 0 Å². The average molecular weight is 444 g/mol. The van der Waals surface area contributed by atoms with E-state index < -0.39 is 0 Å². The van der Waals surface area contributed by atoms with E-state index in [1.165, 1.54) is 5.39 Å². The molecule has 0 bridgehead atoms. The van der Waals surface area contributed by atoms with Gasteiger partial charge in [0.25, 0.3) is 0 Å². The molecule has 6 heteroatoms. The van der Waals surface area contributed by atoms with Crippen LogP contribution in [0, 0.1) is 12.3 Å². The number of anilines is 3. The number of para-hydroxylation sites is 1. The van der Waals surface area contributed by atoms with E-state index in [1.807, 2.05) is 43.3 Å². The number of aromatic nitrogens is 3. The Balaban J connectivity index is 1.55. The SMILES string of the molecule is Cc1nc(-c2cc3ccc(N(c4ccccc4)c4cccc5ccccc45)cc3oc2=N)n[nH]1. The van der Waals surface area contributed by atoms with Gasteiger partial charge in [0, 0.05) is 28.2 Å². The number of hydrogen-bond donors (Lipinski definition) is 2. The summed E-state index contributed by atoms with van der Waals surface area (Å²) in [5, 5.41) is 18.7. The van der Waals surface area contributed by atoms with Gasteiger partial charge in [-0.15, -0.1) is 0 Å². The molecule has 34 heavy (non-hydrogen) atoms. The topological polar surface area (TPSA) is 81.8 Å². The number of H-pyrrole nitrogens is 1. The first-order chi connectivity index (χ1) is 16.7. The normalized spacial score (nSPS) is 11.2. The first-order valence-electron chi connectivity index (χ1n) is 11.0. The van der Waals surface area contributed by atoms with E-state index in [4.69, 9.17) is 9.83 Å². The van der Waals surface area contributed by atoms with Gasteiger partial charge in [-0.05, 0) is 48.7 Å². The Bertz CT molecular complexity index is 1700. The van der Waals surface area contributed by atoms with Crippen molar-refractivity contribution in [1.29, 1.82) is 5.41 Å². The highest BCUT2D eigenvalue weighted by Crippen LogP contribution is 2.39. The summed E-state index contributed by atoms with van der Waals surface area (Å²) in [4.78, 5) is 6.56. The number of hydrogen-bond acceptors (Lipinski definition) is 5. The minimum atomic E-state index is 0.0278. The Morgan fingerprint density at radius 3 is 2.41 bits per heavy atom. The van der Waals surface area contributed by atoms with E-state index in [0.717, 1.165) is 27.8 Å². The number of benzene rings is 4. The molecular formula is C28H21N5O. The van der Waals surface area contributed by atoms with Crippen LogP contribution in [0.25, 0.3) is 33.1 Å². The van der Waals surface area contributed by atoms with Crippen molar-refractivity contribution >= 4 is 38.8 Å². The molecule has 0 atom stereocenters. The summed E-state index contributed by atoms with van der Waals surface area (Å²) in [5.74, 6) is 1.15. The van der Waals surface area contributed by atoms with E-state index in [2.05, 4.69) is 80.7 Å². The van der Waals surface area contributed by atoms with Crippen molar-refractivity contribution in [2.45, 2.75) is 6.92 Å². The molecule has 2 heterocycles. The molecule has 6 nitrogen and oxygen atoms in total. The highest BCUT2D eigenvalue weighted by molar-refractivity contribution is 5.99. The predicted octanol–water partition coefficient (Wildman–Crippen LogP) is 6.63. The second-order valence-electron chi connectivity index (χ2n) is 8.12. The van der Waals surface area contributed by atoms with Crippen LogP contribution in [-0.4, -0.2) is 15.2 Å². The minimum absolute atomic E-state index is 0.0278.